The minimum atomic E-state index is 0.332. The van der Waals surface area contributed by atoms with Crippen LogP contribution in [0.1, 0.15) is 39.5 Å². The second-order valence-corrected chi connectivity index (χ2v) is 4.38. The van der Waals surface area contributed by atoms with Crippen LogP contribution >= 0.6 is 0 Å². The fourth-order valence-corrected chi connectivity index (χ4v) is 2.16. The molecule has 0 saturated carbocycles. The van der Waals surface area contributed by atoms with Gasteiger partial charge in [-0.3, -0.25) is 4.79 Å². The molecule has 1 rings (SSSR count). The summed E-state index contributed by atoms with van der Waals surface area (Å²) in [6.07, 6.45) is 4.10. The maximum atomic E-state index is 11.8. The molecule has 0 unspecified atom stereocenters. The van der Waals surface area contributed by atoms with Crippen LogP contribution in [0.15, 0.2) is 0 Å². The van der Waals surface area contributed by atoms with E-state index in [1.54, 1.807) is 0 Å². The van der Waals surface area contributed by atoms with Crippen LogP contribution < -0.4 is 5.32 Å². The normalized spacial score (nSPS) is 17.7. The Labute approximate surface area is 93.2 Å². The Kier molecular flexibility index (Phi) is 5.69. The van der Waals surface area contributed by atoms with Gasteiger partial charge < -0.3 is 10.2 Å². The molecule has 0 aromatic carbocycles. The van der Waals surface area contributed by atoms with Crippen molar-refractivity contribution in [1.82, 2.24) is 10.2 Å². The number of nitrogens with one attached hydrogen (secondary N) is 1. The smallest absolute Gasteiger partial charge is 0.222 e. The zero-order valence-electron chi connectivity index (χ0n) is 10.1. The van der Waals surface area contributed by atoms with Crippen molar-refractivity contribution in [3.63, 3.8) is 0 Å². The molecule has 0 aliphatic carbocycles. The molecule has 15 heavy (non-hydrogen) atoms. The Morgan fingerprint density at radius 2 is 2.00 bits per heavy atom. The molecule has 1 amide bonds. The van der Waals surface area contributed by atoms with E-state index in [-0.39, 0.29) is 0 Å². The summed E-state index contributed by atoms with van der Waals surface area (Å²) in [5.74, 6) is 1.05. The Hall–Kier alpha value is -0.570. The van der Waals surface area contributed by atoms with Crippen LogP contribution in [0.3, 0.4) is 0 Å². The lowest BCUT2D eigenvalue weighted by Gasteiger charge is -2.29. The third kappa shape index (κ3) is 4.20. The van der Waals surface area contributed by atoms with Crippen LogP contribution in [0.4, 0.5) is 0 Å². The lowest BCUT2D eigenvalue weighted by atomic mass is 9.97. The summed E-state index contributed by atoms with van der Waals surface area (Å²) >= 11 is 0. The first-order valence-electron chi connectivity index (χ1n) is 6.26. The molecule has 0 atom stereocenters. The van der Waals surface area contributed by atoms with Crippen LogP contribution in [0, 0.1) is 5.92 Å². The molecule has 88 valence electrons. The van der Waals surface area contributed by atoms with E-state index in [0.29, 0.717) is 18.2 Å². The second-order valence-electron chi connectivity index (χ2n) is 4.38. The van der Waals surface area contributed by atoms with Gasteiger partial charge in [-0.25, -0.2) is 0 Å². The number of hydrogen-bond donors (Lipinski definition) is 1. The highest BCUT2D eigenvalue weighted by Gasteiger charge is 2.18. The van der Waals surface area contributed by atoms with Crippen molar-refractivity contribution in [2.24, 2.45) is 5.92 Å². The summed E-state index contributed by atoms with van der Waals surface area (Å²) in [5.41, 5.74) is 0. The first-order chi connectivity index (χ1) is 7.27. The van der Waals surface area contributed by atoms with Crippen LogP contribution in [-0.4, -0.2) is 37.0 Å². The van der Waals surface area contributed by atoms with Crippen LogP contribution in [0.5, 0.6) is 0 Å². The van der Waals surface area contributed by atoms with E-state index in [1.807, 2.05) is 4.90 Å². The van der Waals surface area contributed by atoms with Gasteiger partial charge in [0.05, 0.1) is 0 Å². The van der Waals surface area contributed by atoms with E-state index < -0.39 is 0 Å². The molecule has 1 heterocycles. The summed E-state index contributed by atoms with van der Waals surface area (Å²) in [6.45, 7) is 8.21. The first kappa shape index (κ1) is 12.5. The van der Waals surface area contributed by atoms with Crippen molar-refractivity contribution in [3.05, 3.63) is 0 Å². The SMILES string of the molecule is CCCC(=O)N(CC)CC1CCNCC1. The predicted molar refractivity (Wildman–Crippen MR) is 62.8 cm³/mol. The van der Waals surface area contributed by atoms with Crippen molar-refractivity contribution < 1.29 is 4.79 Å². The molecule has 0 radical (unpaired) electrons. The summed E-state index contributed by atoms with van der Waals surface area (Å²) in [7, 11) is 0. The summed E-state index contributed by atoms with van der Waals surface area (Å²) in [4.78, 5) is 13.8. The molecule has 1 N–H and O–H groups in total. The van der Waals surface area contributed by atoms with E-state index in [9.17, 15) is 4.79 Å². The van der Waals surface area contributed by atoms with Gasteiger partial charge in [-0.15, -0.1) is 0 Å². The van der Waals surface area contributed by atoms with Gasteiger partial charge in [0, 0.05) is 19.5 Å². The minimum absolute atomic E-state index is 0.332. The van der Waals surface area contributed by atoms with Gasteiger partial charge in [-0.2, -0.15) is 0 Å². The maximum absolute atomic E-state index is 11.8. The van der Waals surface area contributed by atoms with Crippen LogP contribution in [0.25, 0.3) is 0 Å². The lowest BCUT2D eigenvalue weighted by molar-refractivity contribution is -0.131. The molecule has 0 bridgehead atoms. The van der Waals surface area contributed by atoms with Crippen molar-refractivity contribution >= 4 is 5.91 Å². The van der Waals surface area contributed by atoms with Gasteiger partial charge in [0.1, 0.15) is 0 Å². The van der Waals surface area contributed by atoms with Crippen LogP contribution in [0.2, 0.25) is 0 Å². The van der Waals surface area contributed by atoms with Crippen molar-refractivity contribution in [2.45, 2.75) is 39.5 Å². The number of nitrogens with zero attached hydrogens (tertiary/aromatic N) is 1. The van der Waals surface area contributed by atoms with Gasteiger partial charge in [0.2, 0.25) is 5.91 Å². The molecule has 0 aromatic rings. The topological polar surface area (TPSA) is 32.3 Å². The molecule has 3 heteroatoms. The standard InChI is InChI=1S/C12H24N2O/c1-3-5-12(15)14(4-2)10-11-6-8-13-9-7-11/h11,13H,3-10H2,1-2H3. The predicted octanol–water partition coefficient (Wildman–Crippen LogP) is 1.63. The number of rotatable bonds is 5. The molecule has 1 aliphatic heterocycles. The van der Waals surface area contributed by atoms with E-state index in [2.05, 4.69) is 19.2 Å². The van der Waals surface area contributed by atoms with Crippen molar-refractivity contribution in [3.8, 4) is 0 Å². The van der Waals surface area contributed by atoms with Crippen molar-refractivity contribution in [1.29, 1.82) is 0 Å². The molecule has 3 nitrogen and oxygen atoms in total. The van der Waals surface area contributed by atoms with E-state index >= 15 is 0 Å². The highest BCUT2D eigenvalue weighted by atomic mass is 16.2. The fourth-order valence-electron chi connectivity index (χ4n) is 2.16. The number of amides is 1. The summed E-state index contributed by atoms with van der Waals surface area (Å²) in [5, 5.41) is 3.36. The summed E-state index contributed by atoms with van der Waals surface area (Å²) in [6, 6.07) is 0. The number of carbonyl (C=O) groups is 1. The van der Waals surface area contributed by atoms with Gasteiger partial charge in [-0.05, 0) is 45.2 Å². The molecular formula is C12H24N2O. The molecule has 1 fully saturated rings. The van der Waals surface area contributed by atoms with Crippen LogP contribution in [-0.2, 0) is 4.79 Å². The number of hydrogen-bond acceptors (Lipinski definition) is 2. The Morgan fingerprint density at radius 1 is 1.33 bits per heavy atom. The minimum Gasteiger partial charge on any atom is -0.343 e. The molecule has 1 saturated heterocycles. The van der Waals surface area contributed by atoms with E-state index in [4.69, 9.17) is 0 Å². The van der Waals surface area contributed by atoms with E-state index in [1.165, 1.54) is 12.8 Å². The highest BCUT2D eigenvalue weighted by molar-refractivity contribution is 5.76. The molecule has 1 aliphatic rings. The number of piperidine rings is 1. The van der Waals surface area contributed by atoms with Gasteiger partial charge in [0.15, 0.2) is 0 Å². The van der Waals surface area contributed by atoms with E-state index in [0.717, 1.165) is 32.6 Å². The fraction of sp³-hybridized carbons (Fsp3) is 0.917. The largest absolute Gasteiger partial charge is 0.343 e. The Balaban J connectivity index is 2.34. The third-order valence-electron chi connectivity index (χ3n) is 3.14. The molecular weight excluding hydrogens is 188 g/mol. The Morgan fingerprint density at radius 3 is 2.53 bits per heavy atom. The quantitative estimate of drug-likeness (QED) is 0.751. The average Bonchev–Trinajstić information content (AvgIpc) is 2.27. The van der Waals surface area contributed by atoms with Gasteiger partial charge in [0.25, 0.3) is 0 Å². The maximum Gasteiger partial charge on any atom is 0.222 e. The zero-order valence-corrected chi connectivity index (χ0v) is 10.1. The van der Waals surface area contributed by atoms with Crippen molar-refractivity contribution in [2.75, 3.05) is 26.2 Å². The second kappa shape index (κ2) is 6.83. The van der Waals surface area contributed by atoms with Gasteiger partial charge in [-0.1, -0.05) is 6.92 Å². The third-order valence-corrected chi connectivity index (χ3v) is 3.14. The molecule has 0 aromatic heterocycles. The zero-order chi connectivity index (χ0) is 11.1. The molecule has 0 spiro atoms. The monoisotopic (exact) mass is 212 g/mol. The average molecular weight is 212 g/mol. The Bertz CT molecular complexity index is 188. The lowest BCUT2D eigenvalue weighted by Crippen LogP contribution is -2.39. The van der Waals surface area contributed by atoms with Gasteiger partial charge >= 0.3 is 0 Å². The first-order valence-corrected chi connectivity index (χ1v) is 6.26. The summed E-state index contributed by atoms with van der Waals surface area (Å²) < 4.78 is 0. The number of carbonyl (C=O) groups excluding carboxylic acids is 1. The highest BCUT2D eigenvalue weighted by Crippen LogP contribution is 2.14.